The number of pyridine rings is 1. The molecule has 0 N–H and O–H groups in total. The topological polar surface area (TPSA) is 30.0 Å². The monoisotopic (exact) mass is 371 g/mol. The molecule has 18 heavy (non-hydrogen) atoms. The van der Waals surface area contributed by atoms with Gasteiger partial charge in [-0.2, -0.15) is 0 Å². The van der Waals surface area contributed by atoms with Gasteiger partial charge in [-0.3, -0.25) is 9.78 Å². The number of carbonyl (C=O) groups excluding carboxylic acids is 1. The Labute approximate surface area is 124 Å². The number of halogens is 2. The number of hydrogen-bond acceptors (Lipinski definition) is 2. The van der Waals surface area contributed by atoms with Crippen LogP contribution in [-0.2, 0) is 0 Å². The van der Waals surface area contributed by atoms with Crippen molar-refractivity contribution in [2.24, 2.45) is 17.8 Å². The van der Waals surface area contributed by atoms with Gasteiger partial charge >= 0.3 is 0 Å². The van der Waals surface area contributed by atoms with Crippen molar-refractivity contribution in [2.45, 2.75) is 32.1 Å². The Hall–Kier alpha value is -0.220. The molecule has 4 heteroatoms. The third kappa shape index (κ3) is 2.42. The second-order valence-corrected chi connectivity index (χ2v) is 7.32. The number of rotatable bonds is 3. The van der Waals surface area contributed by atoms with Crippen LogP contribution in [0.2, 0.25) is 0 Å². The third-order valence-electron chi connectivity index (χ3n) is 4.40. The van der Waals surface area contributed by atoms with Crippen LogP contribution in [0.15, 0.2) is 21.2 Å². The first kappa shape index (κ1) is 12.8. The summed E-state index contributed by atoms with van der Waals surface area (Å²) in [6.45, 7) is 0. The van der Waals surface area contributed by atoms with Crippen molar-refractivity contribution >= 4 is 37.6 Å². The van der Waals surface area contributed by atoms with Gasteiger partial charge < -0.3 is 0 Å². The van der Waals surface area contributed by atoms with E-state index in [0.717, 1.165) is 20.8 Å². The number of aromatic nitrogens is 1. The Bertz CT molecular complexity index is 489. The predicted octanol–water partition coefficient (Wildman–Crippen LogP) is 4.62. The smallest absolute Gasteiger partial charge is 0.182 e. The Balaban J connectivity index is 1.71. The van der Waals surface area contributed by atoms with Crippen molar-refractivity contribution in [2.75, 3.05) is 0 Å². The minimum atomic E-state index is 0.187. The summed E-state index contributed by atoms with van der Waals surface area (Å²) in [6, 6.07) is 1.89. The molecule has 2 aliphatic carbocycles. The minimum absolute atomic E-state index is 0.187. The van der Waals surface area contributed by atoms with E-state index in [0.29, 0.717) is 18.0 Å². The van der Waals surface area contributed by atoms with Crippen LogP contribution in [0.3, 0.4) is 0 Å². The van der Waals surface area contributed by atoms with E-state index in [1.54, 1.807) is 6.20 Å². The van der Waals surface area contributed by atoms with E-state index in [-0.39, 0.29) is 5.78 Å². The summed E-state index contributed by atoms with van der Waals surface area (Å²) in [4.78, 5) is 16.5. The molecule has 3 rings (SSSR count). The van der Waals surface area contributed by atoms with Crippen molar-refractivity contribution in [3.8, 4) is 0 Å². The number of fused-ring (bicyclic) bond motifs is 2. The lowest BCUT2D eigenvalue weighted by Crippen LogP contribution is -2.16. The molecule has 2 saturated carbocycles. The van der Waals surface area contributed by atoms with Crippen molar-refractivity contribution < 1.29 is 4.79 Å². The highest BCUT2D eigenvalue weighted by Gasteiger charge is 2.40. The molecule has 96 valence electrons. The summed E-state index contributed by atoms with van der Waals surface area (Å²) in [5, 5.41) is 0. The molecule has 1 aromatic heterocycles. The average molecular weight is 373 g/mol. The Morgan fingerprint density at radius 2 is 2.17 bits per heavy atom. The molecule has 2 aliphatic rings. The van der Waals surface area contributed by atoms with Crippen LogP contribution in [-0.4, -0.2) is 10.8 Å². The van der Waals surface area contributed by atoms with E-state index in [4.69, 9.17) is 0 Å². The normalized spacial score (nSPS) is 29.8. The zero-order valence-corrected chi connectivity index (χ0v) is 13.2. The van der Waals surface area contributed by atoms with Crippen LogP contribution in [0.4, 0.5) is 0 Å². The van der Waals surface area contributed by atoms with Crippen LogP contribution in [0.5, 0.6) is 0 Å². The lowest BCUT2D eigenvalue weighted by Gasteiger charge is -2.20. The maximum Gasteiger partial charge on any atom is 0.182 e. The van der Waals surface area contributed by atoms with Gasteiger partial charge in [-0.25, -0.2) is 0 Å². The van der Waals surface area contributed by atoms with Crippen molar-refractivity contribution in [1.82, 2.24) is 4.98 Å². The van der Waals surface area contributed by atoms with E-state index in [1.165, 1.54) is 25.7 Å². The number of Topliss-reactive ketones (excluding diaryl/α,β-unsaturated/α-hetero) is 1. The van der Waals surface area contributed by atoms with Gasteiger partial charge in [0.2, 0.25) is 0 Å². The van der Waals surface area contributed by atoms with Crippen molar-refractivity contribution in [1.29, 1.82) is 0 Å². The SMILES string of the molecule is O=C(CC1CC2CCC1C2)c1ncc(Br)cc1Br. The lowest BCUT2D eigenvalue weighted by atomic mass is 9.85. The summed E-state index contributed by atoms with van der Waals surface area (Å²) in [6.07, 6.45) is 7.69. The Morgan fingerprint density at radius 3 is 2.78 bits per heavy atom. The molecule has 0 amide bonds. The van der Waals surface area contributed by atoms with Gasteiger partial charge in [-0.1, -0.05) is 6.42 Å². The number of carbonyl (C=O) groups is 1. The van der Waals surface area contributed by atoms with E-state index >= 15 is 0 Å². The maximum absolute atomic E-state index is 12.3. The van der Waals surface area contributed by atoms with E-state index in [2.05, 4.69) is 36.8 Å². The summed E-state index contributed by atoms with van der Waals surface area (Å²) >= 11 is 6.78. The zero-order chi connectivity index (χ0) is 12.7. The van der Waals surface area contributed by atoms with Gasteiger partial charge in [0.25, 0.3) is 0 Å². The molecule has 0 spiro atoms. The fraction of sp³-hybridized carbons (Fsp3) is 0.571. The van der Waals surface area contributed by atoms with Crippen LogP contribution >= 0.6 is 31.9 Å². The van der Waals surface area contributed by atoms with Gasteiger partial charge in [-0.05, 0) is 74.9 Å². The number of ketones is 1. The summed E-state index contributed by atoms with van der Waals surface area (Å²) in [5.41, 5.74) is 0.584. The first-order valence-corrected chi connectivity index (χ1v) is 8.06. The molecule has 1 aromatic rings. The lowest BCUT2D eigenvalue weighted by molar-refractivity contribution is 0.0938. The summed E-state index contributed by atoms with van der Waals surface area (Å²) in [5.74, 6) is 2.49. The molecule has 0 aliphatic heterocycles. The van der Waals surface area contributed by atoms with Gasteiger partial charge in [0.15, 0.2) is 5.78 Å². The highest BCUT2D eigenvalue weighted by molar-refractivity contribution is 9.11. The largest absolute Gasteiger partial charge is 0.292 e. The molecular weight excluding hydrogens is 358 g/mol. The average Bonchev–Trinajstić information content (AvgIpc) is 2.90. The third-order valence-corrected chi connectivity index (χ3v) is 5.44. The zero-order valence-electron chi connectivity index (χ0n) is 10.0. The molecule has 0 saturated heterocycles. The first-order chi connectivity index (χ1) is 8.63. The molecule has 2 fully saturated rings. The quantitative estimate of drug-likeness (QED) is 0.725. The molecule has 3 atom stereocenters. The van der Waals surface area contributed by atoms with Gasteiger partial charge in [-0.15, -0.1) is 0 Å². The van der Waals surface area contributed by atoms with Crippen molar-refractivity contribution in [3.05, 3.63) is 26.9 Å². The highest BCUT2D eigenvalue weighted by atomic mass is 79.9. The van der Waals surface area contributed by atoms with Crippen molar-refractivity contribution in [3.63, 3.8) is 0 Å². The molecule has 3 unspecified atom stereocenters. The molecule has 0 radical (unpaired) electrons. The summed E-state index contributed by atoms with van der Waals surface area (Å²) in [7, 11) is 0. The van der Waals surface area contributed by atoms with E-state index in [9.17, 15) is 4.79 Å². The van der Waals surface area contributed by atoms with Crippen LogP contribution in [0.25, 0.3) is 0 Å². The minimum Gasteiger partial charge on any atom is -0.292 e. The molecule has 2 bridgehead atoms. The van der Waals surface area contributed by atoms with Gasteiger partial charge in [0, 0.05) is 21.6 Å². The van der Waals surface area contributed by atoms with Crippen LogP contribution in [0, 0.1) is 17.8 Å². The van der Waals surface area contributed by atoms with E-state index < -0.39 is 0 Å². The second-order valence-electron chi connectivity index (χ2n) is 5.55. The molecular formula is C14H15Br2NO. The van der Waals surface area contributed by atoms with Gasteiger partial charge in [0.05, 0.1) is 0 Å². The Kier molecular flexibility index (Phi) is 3.59. The fourth-order valence-corrected chi connectivity index (χ4v) is 4.79. The molecule has 1 heterocycles. The second kappa shape index (κ2) is 5.04. The fourth-order valence-electron chi connectivity index (χ4n) is 3.58. The molecule has 0 aromatic carbocycles. The highest BCUT2D eigenvalue weighted by Crippen LogP contribution is 2.49. The predicted molar refractivity (Wildman–Crippen MR) is 77.5 cm³/mol. The summed E-state index contributed by atoms with van der Waals surface area (Å²) < 4.78 is 1.69. The van der Waals surface area contributed by atoms with Gasteiger partial charge in [0.1, 0.15) is 5.69 Å². The van der Waals surface area contributed by atoms with Crippen LogP contribution in [0.1, 0.15) is 42.6 Å². The molecule has 2 nitrogen and oxygen atoms in total. The number of hydrogen-bond donors (Lipinski definition) is 0. The standard InChI is InChI=1S/C14H15Br2NO/c15-11-6-12(16)14(17-7-11)13(18)5-10-4-8-1-2-9(10)3-8/h6-10H,1-5H2. The maximum atomic E-state index is 12.3. The first-order valence-electron chi connectivity index (χ1n) is 6.47. The Morgan fingerprint density at radius 1 is 1.33 bits per heavy atom. The van der Waals surface area contributed by atoms with E-state index in [1.807, 2.05) is 6.07 Å². The van der Waals surface area contributed by atoms with Crippen LogP contribution < -0.4 is 0 Å². The number of nitrogens with zero attached hydrogens (tertiary/aromatic N) is 1.